The summed E-state index contributed by atoms with van der Waals surface area (Å²) in [6, 6.07) is 1.27. The van der Waals surface area contributed by atoms with E-state index in [2.05, 4.69) is 15.3 Å². The summed E-state index contributed by atoms with van der Waals surface area (Å²) in [5, 5.41) is 17.0. The van der Waals surface area contributed by atoms with E-state index in [1.165, 1.54) is 16.9 Å². The third-order valence-electron chi connectivity index (χ3n) is 3.36. The van der Waals surface area contributed by atoms with Crippen molar-refractivity contribution >= 4 is 11.7 Å². The van der Waals surface area contributed by atoms with Crippen LogP contribution < -0.4 is 5.32 Å². The smallest absolute Gasteiger partial charge is 0.373 e. The zero-order valence-corrected chi connectivity index (χ0v) is 12.8. The van der Waals surface area contributed by atoms with E-state index in [1.54, 1.807) is 0 Å². The molecule has 122 valence electrons. The minimum Gasteiger partial charge on any atom is -0.373 e. The van der Waals surface area contributed by atoms with Crippen LogP contribution in [0.3, 0.4) is 0 Å². The Morgan fingerprint density at radius 3 is 2.77 bits per heavy atom. The van der Waals surface area contributed by atoms with Crippen LogP contribution in [0.4, 0.5) is 5.82 Å². The van der Waals surface area contributed by atoms with E-state index in [9.17, 15) is 14.9 Å². The molecule has 1 saturated heterocycles. The van der Waals surface area contributed by atoms with Gasteiger partial charge in [-0.2, -0.15) is 4.68 Å². The summed E-state index contributed by atoms with van der Waals surface area (Å²) in [5.41, 5.74) is 0. The van der Waals surface area contributed by atoms with Gasteiger partial charge in [-0.15, -0.1) is 0 Å². The third-order valence-corrected chi connectivity index (χ3v) is 3.36. The molecule has 1 amide bonds. The van der Waals surface area contributed by atoms with Crippen LogP contribution in [-0.4, -0.2) is 63.9 Å². The van der Waals surface area contributed by atoms with Gasteiger partial charge in [-0.25, -0.2) is 0 Å². The van der Waals surface area contributed by atoms with E-state index in [4.69, 9.17) is 4.74 Å². The molecule has 0 saturated carbocycles. The third kappa shape index (κ3) is 4.78. The lowest BCUT2D eigenvalue weighted by atomic mass is 10.2. The fourth-order valence-corrected chi connectivity index (χ4v) is 2.56. The summed E-state index contributed by atoms with van der Waals surface area (Å²) >= 11 is 0. The second-order valence-electron chi connectivity index (χ2n) is 5.50. The lowest BCUT2D eigenvalue weighted by molar-refractivity contribution is -0.389. The van der Waals surface area contributed by atoms with Crippen molar-refractivity contribution in [1.82, 2.24) is 20.0 Å². The maximum Gasteiger partial charge on any atom is 0.389 e. The largest absolute Gasteiger partial charge is 0.389 e. The number of rotatable bonds is 6. The molecular weight excluding hydrogens is 290 g/mol. The monoisotopic (exact) mass is 311 g/mol. The van der Waals surface area contributed by atoms with Crippen LogP contribution in [0.2, 0.25) is 0 Å². The highest BCUT2D eigenvalue weighted by Crippen LogP contribution is 2.09. The van der Waals surface area contributed by atoms with Crippen molar-refractivity contribution in [2.24, 2.45) is 0 Å². The average Bonchev–Trinajstić information content (AvgIpc) is 2.86. The molecule has 1 aliphatic heterocycles. The van der Waals surface area contributed by atoms with Crippen LogP contribution in [-0.2, 0) is 16.1 Å². The molecule has 0 bridgehead atoms. The van der Waals surface area contributed by atoms with Gasteiger partial charge in [0.25, 0.3) is 0 Å². The van der Waals surface area contributed by atoms with Crippen molar-refractivity contribution in [3.63, 3.8) is 0 Å². The number of nitro groups is 1. The van der Waals surface area contributed by atoms with Crippen molar-refractivity contribution in [1.29, 1.82) is 0 Å². The molecule has 0 aliphatic carbocycles. The quantitative estimate of drug-likeness (QED) is 0.587. The Bertz CT molecular complexity index is 522. The van der Waals surface area contributed by atoms with Gasteiger partial charge in [-0.3, -0.25) is 9.69 Å². The molecule has 2 atom stereocenters. The first-order valence-corrected chi connectivity index (χ1v) is 7.26. The summed E-state index contributed by atoms with van der Waals surface area (Å²) in [7, 11) is 0. The Morgan fingerprint density at radius 1 is 1.50 bits per heavy atom. The first kappa shape index (κ1) is 16.4. The topological polar surface area (TPSA) is 103 Å². The van der Waals surface area contributed by atoms with Gasteiger partial charge in [0.15, 0.2) is 0 Å². The summed E-state index contributed by atoms with van der Waals surface area (Å²) in [6.07, 6.45) is 1.82. The minimum atomic E-state index is -0.588. The molecule has 0 unspecified atom stereocenters. The standard InChI is InChI=1S/C13H21N5O4/c1-10-7-16(8-11(2)22-10)6-4-14-13(19)9-17-5-3-12(15-17)18(20)21/h3,5,10-11H,4,6-9H2,1-2H3,(H,14,19)/t10-,11-/m1/s1. The van der Waals surface area contributed by atoms with Crippen molar-refractivity contribution in [2.75, 3.05) is 26.2 Å². The van der Waals surface area contributed by atoms with E-state index in [1.807, 2.05) is 13.8 Å². The molecule has 1 aliphatic rings. The number of ether oxygens (including phenoxy) is 1. The highest BCUT2D eigenvalue weighted by molar-refractivity contribution is 5.75. The fraction of sp³-hybridized carbons (Fsp3) is 0.692. The van der Waals surface area contributed by atoms with E-state index in [0.717, 1.165) is 19.6 Å². The highest BCUT2D eigenvalue weighted by Gasteiger charge is 2.21. The van der Waals surface area contributed by atoms with Gasteiger partial charge in [0.1, 0.15) is 6.54 Å². The number of carbonyl (C=O) groups excluding carboxylic acids is 1. The second kappa shape index (κ2) is 7.32. The van der Waals surface area contributed by atoms with Crippen molar-refractivity contribution in [3.05, 3.63) is 22.4 Å². The molecule has 2 heterocycles. The van der Waals surface area contributed by atoms with Gasteiger partial charge < -0.3 is 20.2 Å². The van der Waals surface area contributed by atoms with Crippen LogP contribution >= 0.6 is 0 Å². The number of hydrogen-bond donors (Lipinski definition) is 1. The van der Waals surface area contributed by atoms with E-state index < -0.39 is 4.92 Å². The maximum absolute atomic E-state index is 11.8. The Labute approximate surface area is 128 Å². The molecule has 0 aromatic carbocycles. The maximum atomic E-state index is 11.8. The number of morpholine rings is 1. The number of amides is 1. The van der Waals surface area contributed by atoms with Crippen molar-refractivity contribution in [2.45, 2.75) is 32.6 Å². The lowest BCUT2D eigenvalue weighted by Crippen LogP contribution is -2.48. The number of hydrogen-bond acceptors (Lipinski definition) is 6. The van der Waals surface area contributed by atoms with E-state index in [-0.39, 0.29) is 30.5 Å². The fourth-order valence-electron chi connectivity index (χ4n) is 2.56. The molecule has 9 heteroatoms. The number of nitrogens with zero attached hydrogens (tertiary/aromatic N) is 4. The van der Waals surface area contributed by atoms with Crippen LogP contribution in [0.5, 0.6) is 0 Å². The molecular formula is C13H21N5O4. The summed E-state index contributed by atoms with van der Waals surface area (Å²) in [4.78, 5) is 24.0. The summed E-state index contributed by atoms with van der Waals surface area (Å²) in [5.74, 6) is -0.476. The van der Waals surface area contributed by atoms with Crippen molar-refractivity contribution in [3.8, 4) is 0 Å². The molecule has 9 nitrogen and oxygen atoms in total. The van der Waals surface area contributed by atoms with Gasteiger partial charge in [0.05, 0.1) is 29.6 Å². The normalized spacial score (nSPS) is 22.5. The van der Waals surface area contributed by atoms with Crippen molar-refractivity contribution < 1.29 is 14.5 Å². The minimum absolute atomic E-state index is 0.0241. The summed E-state index contributed by atoms with van der Waals surface area (Å²) in [6.45, 7) is 7.03. The molecule has 2 rings (SSSR count). The van der Waals surface area contributed by atoms with Gasteiger partial charge in [0, 0.05) is 26.2 Å². The molecule has 1 aromatic heterocycles. The van der Waals surface area contributed by atoms with Crippen LogP contribution in [0.1, 0.15) is 13.8 Å². The molecule has 1 fully saturated rings. The average molecular weight is 311 g/mol. The molecule has 1 aromatic rings. The van der Waals surface area contributed by atoms with Gasteiger partial charge in [-0.1, -0.05) is 0 Å². The first-order chi connectivity index (χ1) is 10.4. The Morgan fingerprint density at radius 2 is 2.18 bits per heavy atom. The predicted octanol–water partition coefficient (Wildman–Crippen LogP) is 0.0167. The van der Waals surface area contributed by atoms with Gasteiger partial charge >= 0.3 is 5.82 Å². The number of aromatic nitrogens is 2. The summed E-state index contributed by atoms with van der Waals surface area (Å²) < 4.78 is 6.91. The Hall–Kier alpha value is -2.00. The van der Waals surface area contributed by atoms with Crippen LogP contribution in [0, 0.1) is 10.1 Å². The Kier molecular flexibility index (Phi) is 5.45. The zero-order valence-electron chi connectivity index (χ0n) is 12.8. The first-order valence-electron chi connectivity index (χ1n) is 7.26. The molecule has 0 spiro atoms. The SMILES string of the molecule is C[C@@H]1CN(CCNC(=O)Cn2ccc([N+](=O)[O-])n2)C[C@@H](C)O1. The van der Waals surface area contributed by atoms with Gasteiger partial charge in [-0.05, 0) is 18.8 Å². The Balaban J connectivity index is 1.70. The highest BCUT2D eigenvalue weighted by atomic mass is 16.6. The molecule has 22 heavy (non-hydrogen) atoms. The predicted molar refractivity (Wildman–Crippen MR) is 78.3 cm³/mol. The van der Waals surface area contributed by atoms with Crippen LogP contribution in [0.15, 0.2) is 12.3 Å². The van der Waals surface area contributed by atoms with E-state index >= 15 is 0 Å². The number of carbonyl (C=O) groups is 1. The second-order valence-corrected chi connectivity index (χ2v) is 5.50. The van der Waals surface area contributed by atoms with Gasteiger partial charge in [0.2, 0.25) is 5.91 Å². The lowest BCUT2D eigenvalue weighted by Gasteiger charge is -2.35. The molecule has 0 radical (unpaired) electrons. The number of nitrogens with one attached hydrogen (secondary N) is 1. The van der Waals surface area contributed by atoms with E-state index in [0.29, 0.717) is 6.54 Å². The molecule has 1 N–H and O–H groups in total. The zero-order chi connectivity index (χ0) is 16.1. The van der Waals surface area contributed by atoms with Crippen LogP contribution in [0.25, 0.3) is 0 Å².